The Balaban J connectivity index is 2.15. The molecule has 0 amide bonds. The molecule has 1 heterocycles. The van der Waals surface area contributed by atoms with Gasteiger partial charge in [0.05, 0.1) is 25.2 Å². The molecule has 0 bridgehead atoms. The molecule has 3 aromatic carbocycles. The van der Waals surface area contributed by atoms with Crippen LogP contribution in [0.2, 0.25) is 5.02 Å². The molecule has 0 saturated carbocycles. The average molecular weight is 581 g/mol. The zero-order valence-electron chi connectivity index (χ0n) is 18.2. The number of nitrogens with zero attached hydrogens (tertiary/aromatic N) is 1. The molecule has 0 fully saturated rings. The summed E-state index contributed by atoms with van der Waals surface area (Å²) in [7, 11) is -4.25. The van der Waals surface area contributed by atoms with Gasteiger partial charge in [-0.3, -0.25) is 0 Å². The fourth-order valence-electron chi connectivity index (χ4n) is 3.68. The van der Waals surface area contributed by atoms with Crippen LogP contribution in [-0.4, -0.2) is 32.1 Å². The number of aromatic nitrogens is 1. The second-order valence-electron chi connectivity index (χ2n) is 7.12. The number of hydrogen-bond donors (Lipinski definition) is 0. The Morgan fingerprint density at radius 1 is 1.06 bits per heavy atom. The van der Waals surface area contributed by atoms with Crippen LogP contribution in [0.3, 0.4) is 0 Å². The molecule has 6 nitrogen and oxygen atoms in total. The molecule has 0 aliphatic carbocycles. The largest absolute Gasteiger partial charge is 0.461 e. The van der Waals surface area contributed by atoms with Gasteiger partial charge in [0.15, 0.2) is 5.69 Å². The van der Waals surface area contributed by atoms with Gasteiger partial charge in [0, 0.05) is 32.6 Å². The van der Waals surface area contributed by atoms with Crippen molar-refractivity contribution in [1.29, 1.82) is 0 Å². The van der Waals surface area contributed by atoms with E-state index in [1.807, 2.05) is 24.3 Å². The maximum Gasteiger partial charge on any atom is 0.356 e. The zero-order chi connectivity index (χ0) is 24.5. The van der Waals surface area contributed by atoms with Gasteiger partial charge in [-0.05, 0) is 49.4 Å². The van der Waals surface area contributed by atoms with Crippen LogP contribution in [-0.2, 0) is 19.3 Å². The quantitative estimate of drug-likeness (QED) is 0.214. The van der Waals surface area contributed by atoms with E-state index in [1.165, 1.54) is 19.2 Å². The van der Waals surface area contributed by atoms with Crippen molar-refractivity contribution in [2.24, 2.45) is 0 Å². The number of rotatable bonds is 7. The summed E-state index contributed by atoms with van der Waals surface area (Å²) in [6.07, 6.45) is 0. The lowest BCUT2D eigenvalue weighted by atomic mass is 10.2. The molecule has 176 valence electrons. The molecule has 0 aliphatic rings. The lowest BCUT2D eigenvalue weighted by Crippen LogP contribution is -2.26. The van der Waals surface area contributed by atoms with E-state index in [0.29, 0.717) is 21.2 Å². The van der Waals surface area contributed by atoms with Crippen molar-refractivity contribution in [3.05, 3.63) is 88.0 Å². The highest BCUT2D eigenvalue weighted by Gasteiger charge is 2.35. The van der Waals surface area contributed by atoms with E-state index in [9.17, 15) is 13.2 Å². The molecule has 1 unspecified atom stereocenters. The second kappa shape index (κ2) is 10.2. The van der Waals surface area contributed by atoms with Gasteiger partial charge in [0.2, 0.25) is 0 Å². The molecule has 0 spiro atoms. The summed E-state index contributed by atoms with van der Waals surface area (Å²) in [6.45, 7) is 1.74. The molecule has 4 rings (SSSR count). The number of fused-ring (bicyclic) bond motifs is 1. The molecule has 0 N–H and O–H groups in total. The van der Waals surface area contributed by atoms with E-state index in [4.69, 9.17) is 20.9 Å². The van der Waals surface area contributed by atoms with Crippen LogP contribution in [0, 0.1) is 0 Å². The van der Waals surface area contributed by atoms with Crippen molar-refractivity contribution in [2.75, 3.05) is 13.7 Å². The van der Waals surface area contributed by atoms with Crippen LogP contribution in [0.4, 0.5) is 0 Å². The molecule has 4 aromatic rings. The first-order valence-corrected chi connectivity index (χ1v) is 14.1. The minimum atomic E-state index is -4.17. The first-order chi connectivity index (χ1) is 16.3. The minimum absolute atomic E-state index is 0.0446. The predicted octanol–water partition coefficient (Wildman–Crippen LogP) is 5.47. The lowest BCUT2D eigenvalue weighted by molar-refractivity contribution is 0.0520. The fourth-order valence-corrected chi connectivity index (χ4v) is 7.94. The molecular formula is C24H20BrClNO5PS. The number of hydrogen-bond acceptors (Lipinski definition) is 5. The topological polar surface area (TPSA) is 74.6 Å². The monoisotopic (exact) mass is 579 g/mol. The van der Waals surface area contributed by atoms with E-state index in [0.717, 1.165) is 13.7 Å². The maximum absolute atomic E-state index is 13.9. The van der Waals surface area contributed by atoms with E-state index in [1.54, 1.807) is 43.3 Å². The highest BCUT2D eigenvalue weighted by Crippen LogP contribution is 2.41. The Bertz CT molecular complexity index is 1470. The van der Waals surface area contributed by atoms with Gasteiger partial charge in [0.1, 0.15) is 0 Å². The molecule has 0 saturated heterocycles. The van der Waals surface area contributed by atoms with Gasteiger partial charge in [-0.25, -0.2) is 17.2 Å². The first-order valence-electron chi connectivity index (χ1n) is 10.2. The van der Waals surface area contributed by atoms with Gasteiger partial charge in [0.25, 0.3) is 10.0 Å². The van der Waals surface area contributed by atoms with Crippen LogP contribution >= 0.6 is 35.7 Å². The Morgan fingerprint density at radius 2 is 1.79 bits per heavy atom. The summed E-state index contributed by atoms with van der Waals surface area (Å²) in [5.74, 6) is -0.760. The summed E-state index contributed by atoms with van der Waals surface area (Å²) in [6, 6.07) is 20.3. The molecular weight excluding hydrogens is 561 g/mol. The van der Waals surface area contributed by atoms with Gasteiger partial charge in [-0.1, -0.05) is 57.9 Å². The fraction of sp³-hybridized carbons (Fsp3) is 0.125. The number of halogens is 2. The van der Waals surface area contributed by atoms with Crippen LogP contribution in [0.5, 0.6) is 0 Å². The van der Waals surface area contributed by atoms with Crippen LogP contribution < -0.4 is 10.6 Å². The Kier molecular flexibility index (Phi) is 7.45. The van der Waals surface area contributed by atoms with Crippen molar-refractivity contribution >= 4 is 73.2 Å². The number of benzene rings is 3. The van der Waals surface area contributed by atoms with Crippen molar-refractivity contribution in [3.8, 4) is 0 Å². The third-order valence-electron chi connectivity index (χ3n) is 5.04. The molecule has 0 radical (unpaired) electrons. The molecule has 0 aliphatic heterocycles. The Labute approximate surface area is 212 Å². The third kappa shape index (κ3) is 4.53. The molecule has 34 heavy (non-hydrogen) atoms. The number of carbonyl (C=O) groups excluding carboxylic acids is 1. The highest BCUT2D eigenvalue weighted by molar-refractivity contribution is 9.10. The smallest absolute Gasteiger partial charge is 0.356 e. The van der Waals surface area contributed by atoms with Crippen molar-refractivity contribution in [2.45, 2.75) is 11.8 Å². The zero-order valence-corrected chi connectivity index (χ0v) is 22.3. The molecule has 10 heteroatoms. The summed E-state index contributed by atoms with van der Waals surface area (Å²) in [5, 5.41) is 2.11. The third-order valence-corrected chi connectivity index (χ3v) is 9.47. The summed E-state index contributed by atoms with van der Waals surface area (Å²) < 4.78 is 40.8. The van der Waals surface area contributed by atoms with Gasteiger partial charge in [-0.2, -0.15) is 0 Å². The van der Waals surface area contributed by atoms with E-state index < -0.39 is 24.1 Å². The summed E-state index contributed by atoms with van der Waals surface area (Å²) in [5.41, 5.74) is 0.210. The van der Waals surface area contributed by atoms with Gasteiger partial charge < -0.3 is 9.26 Å². The van der Waals surface area contributed by atoms with E-state index in [-0.39, 0.29) is 17.2 Å². The normalized spacial score (nSPS) is 12.6. The standard InChI is InChI=1S/C24H20BrClNO5PS/c1-3-32-24(28)22-23(33(31-2)18-9-7-8-16(25)14-18)20-15-17(26)12-13-21(20)27(22)34(29,30)19-10-5-4-6-11-19/h4-15H,3H2,1-2H3. The van der Waals surface area contributed by atoms with Crippen molar-refractivity contribution < 1.29 is 22.5 Å². The Morgan fingerprint density at radius 3 is 2.44 bits per heavy atom. The van der Waals surface area contributed by atoms with Crippen molar-refractivity contribution in [3.63, 3.8) is 0 Å². The van der Waals surface area contributed by atoms with Crippen molar-refractivity contribution in [1.82, 2.24) is 3.97 Å². The average Bonchev–Trinajstić information content (AvgIpc) is 3.15. The summed E-state index contributed by atoms with van der Waals surface area (Å²) >= 11 is 9.80. The van der Waals surface area contributed by atoms with Crippen LogP contribution in [0.25, 0.3) is 10.9 Å². The van der Waals surface area contributed by atoms with E-state index >= 15 is 0 Å². The van der Waals surface area contributed by atoms with Crippen LogP contribution in [0.1, 0.15) is 17.4 Å². The minimum Gasteiger partial charge on any atom is -0.461 e. The van der Waals surface area contributed by atoms with Gasteiger partial charge >= 0.3 is 5.97 Å². The first kappa shape index (κ1) is 24.9. The second-order valence-corrected chi connectivity index (χ2v) is 12.2. The highest BCUT2D eigenvalue weighted by atomic mass is 79.9. The number of esters is 1. The summed E-state index contributed by atoms with van der Waals surface area (Å²) in [4.78, 5) is 13.4. The number of ether oxygens (including phenoxy) is 1. The predicted molar refractivity (Wildman–Crippen MR) is 139 cm³/mol. The SMILES string of the molecule is CCOC(=O)c1c(P(OC)c2cccc(Br)c2)c2cc(Cl)ccc2n1S(=O)(=O)c1ccccc1. The molecule has 1 atom stereocenters. The number of carbonyl (C=O) groups is 1. The lowest BCUT2D eigenvalue weighted by Gasteiger charge is -2.18. The molecule has 1 aromatic heterocycles. The van der Waals surface area contributed by atoms with E-state index in [2.05, 4.69) is 15.9 Å². The Hall–Kier alpha value is -2.22. The van der Waals surface area contributed by atoms with Crippen LogP contribution in [0.15, 0.2) is 82.2 Å². The maximum atomic E-state index is 13.9. The van der Waals surface area contributed by atoms with Gasteiger partial charge in [-0.15, -0.1) is 0 Å².